The molecule has 194 valence electrons. The average molecular weight is 508 g/mol. The van der Waals surface area contributed by atoms with Crippen molar-refractivity contribution in [1.29, 1.82) is 0 Å². The van der Waals surface area contributed by atoms with Gasteiger partial charge in [0.2, 0.25) is 11.6 Å². The van der Waals surface area contributed by atoms with E-state index in [2.05, 4.69) is 16.0 Å². The lowest BCUT2D eigenvalue weighted by atomic mass is 9.81. The fourth-order valence-corrected chi connectivity index (χ4v) is 4.14. The fourth-order valence-electron chi connectivity index (χ4n) is 4.14. The largest absolute Gasteiger partial charge is 0.420 e. The van der Waals surface area contributed by atoms with Crippen molar-refractivity contribution in [1.82, 2.24) is 10.6 Å². The third kappa shape index (κ3) is 6.27. The van der Waals surface area contributed by atoms with Gasteiger partial charge in [0.15, 0.2) is 0 Å². The van der Waals surface area contributed by atoms with Gasteiger partial charge in [-0.15, -0.1) is 0 Å². The summed E-state index contributed by atoms with van der Waals surface area (Å²) in [4.78, 5) is 25.0. The summed E-state index contributed by atoms with van der Waals surface area (Å²) in [7, 11) is 1.61. The van der Waals surface area contributed by atoms with Crippen LogP contribution in [-0.4, -0.2) is 44.2 Å². The molecule has 4 rings (SSSR count). The van der Waals surface area contributed by atoms with Gasteiger partial charge in [-0.05, 0) is 42.7 Å². The molecule has 8 nitrogen and oxygen atoms in total. The Bertz CT molecular complexity index is 1070. The van der Waals surface area contributed by atoms with Crippen molar-refractivity contribution in [2.75, 3.05) is 25.6 Å². The number of hydrogen-bond acceptors (Lipinski definition) is 6. The molecule has 2 amide bonds. The number of alkyl carbamates (subject to hydrolysis) is 1. The number of halogens is 3. The van der Waals surface area contributed by atoms with Crippen LogP contribution < -0.4 is 16.0 Å². The van der Waals surface area contributed by atoms with E-state index in [0.29, 0.717) is 37.1 Å². The maximum Gasteiger partial charge on any atom is 0.418 e. The van der Waals surface area contributed by atoms with E-state index < -0.39 is 23.6 Å². The van der Waals surface area contributed by atoms with E-state index in [-0.39, 0.29) is 36.8 Å². The predicted molar refractivity (Wildman–Crippen MR) is 124 cm³/mol. The van der Waals surface area contributed by atoms with E-state index >= 15 is 0 Å². The molecule has 3 N–H and O–H groups in total. The molecule has 2 aliphatic rings. The zero-order valence-electron chi connectivity index (χ0n) is 19.7. The number of benzene rings is 2. The first-order chi connectivity index (χ1) is 17.2. The molecule has 11 heteroatoms. The third-order valence-corrected chi connectivity index (χ3v) is 6.33. The number of anilines is 2. The maximum absolute atomic E-state index is 13.2. The topological polar surface area (TPSA) is 97.9 Å². The number of alkyl halides is 3. The number of carbonyl (C=O) groups is 2. The highest BCUT2D eigenvalue weighted by Gasteiger charge is 2.44. The molecule has 1 saturated carbocycles. The Morgan fingerprint density at radius 3 is 2.47 bits per heavy atom. The Balaban J connectivity index is 1.29. The molecule has 1 heterocycles. The van der Waals surface area contributed by atoms with Crippen LogP contribution in [0.5, 0.6) is 0 Å². The molecule has 1 atom stereocenters. The second kappa shape index (κ2) is 10.8. The summed E-state index contributed by atoms with van der Waals surface area (Å²) in [5.74, 6) is -0.383. The standard InChI is InChI=1S/C25H28F3N3O5/c1-34-19-12-17(13-19)22(32)31-24(10-11-35-15-24)36-23(33)29-14-16-6-8-18(9-7-16)30-21-5-3-2-4-20(21)25(26,27)28/h2-9,17,19,30H,10-15H2,1H3,(H,29,33)(H,31,32)/t17?,19?,24-/m0/s1. The Labute approximate surface area is 206 Å². The van der Waals surface area contributed by atoms with E-state index in [1.807, 2.05) is 0 Å². The maximum atomic E-state index is 13.2. The molecule has 1 saturated heterocycles. The summed E-state index contributed by atoms with van der Waals surface area (Å²) >= 11 is 0. The summed E-state index contributed by atoms with van der Waals surface area (Å²) in [6.07, 6.45) is -3.53. The lowest BCUT2D eigenvalue weighted by Gasteiger charge is -2.36. The minimum absolute atomic E-state index is 0.0507. The first-order valence-electron chi connectivity index (χ1n) is 11.6. The van der Waals surface area contributed by atoms with Crippen molar-refractivity contribution in [3.63, 3.8) is 0 Å². The second-order valence-electron chi connectivity index (χ2n) is 8.92. The Hall–Kier alpha value is -3.31. The van der Waals surface area contributed by atoms with Crippen LogP contribution in [0.4, 0.5) is 29.3 Å². The molecular weight excluding hydrogens is 479 g/mol. The zero-order chi connectivity index (χ0) is 25.8. The Kier molecular flexibility index (Phi) is 7.70. The molecule has 2 aromatic carbocycles. The summed E-state index contributed by atoms with van der Waals surface area (Å²) in [5.41, 5.74) is -0.854. The van der Waals surface area contributed by atoms with Gasteiger partial charge < -0.3 is 30.2 Å². The second-order valence-corrected chi connectivity index (χ2v) is 8.92. The fraction of sp³-hybridized carbons (Fsp3) is 0.440. The van der Waals surface area contributed by atoms with Gasteiger partial charge in [-0.2, -0.15) is 13.2 Å². The first-order valence-corrected chi connectivity index (χ1v) is 11.6. The SMILES string of the molecule is COC1CC(C(=O)N[C@]2(OC(=O)NCc3ccc(Nc4ccccc4C(F)(F)F)cc3)CCOC2)C1. The number of nitrogens with one attached hydrogen (secondary N) is 3. The van der Waals surface area contributed by atoms with Gasteiger partial charge in [-0.1, -0.05) is 24.3 Å². The van der Waals surface area contributed by atoms with Gasteiger partial charge in [0.1, 0.15) is 6.61 Å². The lowest BCUT2D eigenvalue weighted by Crippen LogP contribution is -2.56. The van der Waals surface area contributed by atoms with Crippen molar-refractivity contribution in [2.45, 2.75) is 43.8 Å². The molecular formula is C25H28F3N3O5. The van der Waals surface area contributed by atoms with Gasteiger partial charge >= 0.3 is 12.3 Å². The summed E-state index contributed by atoms with van der Waals surface area (Å²) in [6.45, 7) is 0.540. The minimum Gasteiger partial charge on any atom is -0.420 e. The lowest BCUT2D eigenvalue weighted by molar-refractivity contribution is -0.140. The van der Waals surface area contributed by atoms with Crippen LogP contribution in [0.1, 0.15) is 30.4 Å². The van der Waals surface area contributed by atoms with Gasteiger partial charge in [-0.3, -0.25) is 4.79 Å². The van der Waals surface area contributed by atoms with Crippen molar-refractivity contribution in [3.8, 4) is 0 Å². The van der Waals surface area contributed by atoms with E-state index in [9.17, 15) is 22.8 Å². The first kappa shape index (κ1) is 25.8. The van der Waals surface area contributed by atoms with E-state index in [1.165, 1.54) is 18.2 Å². The number of rotatable bonds is 8. The van der Waals surface area contributed by atoms with E-state index in [4.69, 9.17) is 14.2 Å². The minimum atomic E-state index is -4.47. The van der Waals surface area contributed by atoms with Gasteiger partial charge in [0.25, 0.3) is 0 Å². The van der Waals surface area contributed by atoms with E-state index in [0.717, 1.165) is 6.07 Å². The summed E-state index contributed by atoms with van der Waals surface area (Å²) in [6, 6.07) is 11.8. The van der Waals surface area contributed by atoms with Crippen LogP contribution in [0.15, 0.2) is 48.5 Å². The molecule has 2 aromatic rings. The number of para-hydroxylation sites is 1. The number of carbonyl (C=O) groups excluding carboxylic acids is 2. The summed E-state index contributed by atoms with van der Waals surface area (Å²) in [5, 5.41) is 8.23. The molecule has 2 fully saturated rings. The molecule has 0 radical (unpaired) electrons. The Morgan fingerprint density at radius 2 is 1.83 bits per heavy atom. The van der Waals surface area contributed by atoms with Crippen molar-refractivity contribution in [2.24, 2.45) is 5.92 Å². The molecule has 0 unspecified atom stereocenters. The number of ether oxygens (including phenoxy) is 3. The van der Waals surface area contributed by atoms with E-state index in [1.54, 1.807) is 31.4 Å². The predicted octanol–water partition coefficient (Wildman–Crippen LogP) is 4.33. The number of methoxy groups -OCH3 is 1. The van der Waals surface area contributed by atoms with Crippen LogP contribution in [-0.2, 0) is 31.7 Å². The van der Waals surface area contributed by atoms with Gasteiger partial charge in [0.05, 0.1) is 24.0 Å². The van der Waals surface area contributed by atoms with Gasteiger partial charge in [-0.25, -0.2) is 4.79 Å². The molecule has 36 heavy (non-hydrogen) atoms. The molecule has 1 aliphatic carbocycles. The zero-order valence-corrected chi connectivity index (χ0v) is 19.7. The summed E-state index contributed by atoms with van der Waals surface area (Å²) < 4.78 is 55.7. The molecule has 0 aromatic heterocycles. The molecule has 0 spiro atoms. The molecule has 0 bridgehead atoms. The van der Waals surface area contributed by atoms with Crippen LogP contribution in [0.2, 0.25) is 0 Å². The normalized spacial score (nSPS) is 23.4. The molecule has 1 aliphatic heterocycles. The smallest absolute Gasteiger partial charge is 0.418 e. The number of amides is 2. The van der Waals surface area contributed by atoms with Gasteiger partial charge in [0, 0.05) is 31.7 Å². The highest BCUT2D eigenvalue weighted by Crippen LogP contribution is 2.36. The number of hydrogen-bond donors (Lipinski definition) is 3. The highest BCUT2D eigenvalue weighted by atomic mass is 19.4. The van der Waals surface area contributed by atoms with Crippen LogP contribution in [0, 0.1) is 5.92 Å². The third-order valence-electron chi connectivity index (χ3n) is 6.33. The monoisotopic (exact) mass is 507 g/mol. The Morgan fingerprint density at radius 1 is 1.11 bits per heavy atom. The van der Waals surface area contributed by atoms with Crippen LogP contribution in [0.25, 0.3) is 0 Å². The van der Waals surface area contributed by atoms with Crippen molar-refractivity contribution >= 4 is 23.4 Å². The van der Waals surface area contributed by atoms with Crippen LogP contribution in [0.3, 0.4) is 0 Å². The van der Waals surface area contributed by atoms with Crippen LogP contribution >= 0.6 is 0 Å². The van der Waals surface area contributed by atoms with Crippen molar-refractivity contribution in [3.05, 3.63) is 59.7 Å². The van der Waals surface area contributed by atoms with Crippen molar-refractivity contribution < 1.29 is 37.0 Å². The quantitative estimate of drug-likeness (QED) is 0.460. The average Bonchev–Trinajstić information content (AvgIpc) is 3.25. The highest BCUT2D eigenvalue weighted by molar-refractivity contribution is 5.81.